The fraction of sp³-hybridized carbons (Fsp3) is 0.182. The van der Waals surface area contributed by atoms with Crippen LogP contribution >= 0.6 is 11.8 Å². The minimum atomic E-state index is -0.105. The van der Waals surface area contributed by atoms with Crippen molar-refractivity contribution in [1.82, 2.24) is 4.57 Å². The standard InChI is InChI=1S/C22H20N2O2S/c1-24-13-22(26-14-17-6-3-2-4-7-17)21(25)11-20(24)16-27-15-19-9-5-8-18(10-19)12-23/h2-11,13H,14-16H2,1H3. The third kappa shape index (κ3) is 5.25. The molecule has 0 aliphatic rings. The quantitative estimate of drug-likeness (QED) is 0.618. The van der Waals surface area contributed by atoms with Crippen LogP contribution in [-0.4, -0.2) is 4.57 Å². The molecule has 2 aromatic carbocycles. The number of rotatable bonds is 7. The molecule has 0 aliphatic carbocycles. The molecule has 27 heavy (non-hydrogen) atoms. The third-order valence-electron chi connectivity index (χ3n) is 4.12. The van der Waals surface area contributed by atoms with Crippen LogP contribution < -0.4 is 10.2 Å². The van der Waals surface area contributed by atoms with E-state index in [2.05, 4.69) is 6.07 Å². The Morgan fingerprint density at radius 1 is 1.04 bits per heavy atom. The predicted octanol–water partition coefficient (Wildman–Crippen LogP) is 4.27. The van der Waals surface area contributed by atoms with Gasteiger partial charge >= 0.3 is 0 Å². The summed E-state index contributed by atoms with van der Waals surface area (Å²) in [7, 11) is 1.92. The summed E-state index contributed by atoms with van der Waals surface area (Å²) in [5.41, 5.74) is 3.63. The van der Waals surface area contributed by atoms with Crippen molar-refractivity contribution in [3.8, 4) is 11.8 Å². The lowest BCUT2D eigenvalue weighted by Crippen LogP contribution is -2.13. The highest BCUT2D eigenvalue weighted by Crippen LogP contribution is 2.19. The summed E-state index contributed by atoms with van der Waals surface area (Å²) >= 11 is 1.71. The van der Waals surface area contributed by atoms with Crippen molar-refractivity contribution in [3.05, 3.63) is 99.5 Å². The van der Waals surface area contributed by atoms with E-state index in [1.807, 2.05) is 60.1 Å². The molecular formula is C22H20N2O2S. The Balaban J connectivity index is 1.60. The molecule has 5 heteroatoms. The Hall–Kier alpha value is -2.97. The molecule has 0 amide bonds. The van der Waals surface area contributed by atoms with Crippen LogP contribution in [0, 0.1) is 11.3 Å². The summed E-state index contributed by atoms with van der Waals surface area (Å²) in [5, 5.41) is 8.97. The molecule has 4 nitrogen and oxygen atoms in total. The fourth-order valence-corrected chi connectivity index (χ4v) is 3.65. The SMILES string of the molecule is Cn1cc(OCc2ccccc2)c(=O)cc1CSCc1cccc(C#N)c1. The smallest absolute Gasteiger partial charge is 0.223 e. The van der Waals surface area contributed by atoms with E-state index in [9.17, 15) is 4.79 Å². The third-order valence-corrected chi connectivity index (χ3v) is 5.15. The molecule has 0 saturated heterocycles. The largest absolute Gasteiger partial charge is 0.483 e. The highest BCUT2D eigenvalue weighted by molar-refractivity contribution is 7.97. The minimum Gasteiger partial charge on any atom is -0.483 e. The number of ether oxygens (including phenoxy) is 1. The van der Waals surface area contributed by atoms with E-state index in [1.165, 1.54) is 0 Å². The molecule has 0 bridgehead atoms. The zero-order valence-corrected chi connectivity index (χ0v) is 15.9. The zero-order chi connectivity index (χ0) is 19.1. The van der Waals surface area contributed by atoms with Gasteiger partial charge in [0, 0.05) is 30.3 Å². The molecule has 0 saturated carbocycles. The average Bonchev–Trinajstić information content (AvgIpc) is 2.70. The molecule has 3 aromatic rings. The predicted molar refractivity (Wildman–Crippen MR) is 109 cm³/mol. The number of nitriles is 1. The monoisotopic (exact) mass is 376 g/mol. The normalized spacial score (nSPS) is 10.4. The lowest BCUT2D eigenvalue weighted by molar-refractivity contribution is 0.300. The first-order chi connectivity index (χ1) is 13.2. The van der Waals surface area contributed by atoms with Gasteiger partial charge in [-0.3, -0.25) is 4.79 Å². The van der Waals surface area contributed by atoms with Crippen LogP contribution in [0.25, 0.3) is 0 Å². The van der Waals surface area contributed by atoms with Crippen molar-refractivity contribution in [2.45, 2.75) is 18.1 Å². The van der Waals surface area contributed by atoms with E-state index < -0.39 is 0 Å². The molecule has 1 heterocycles. The van der Waals surface area contributed by atoms with Gasteiger partial charge in [0.1, 0.15) is 6.61 Å². The van der Waals surface area contributed by atoms with Gasteiger partial charge in [-0.2, -0.15) is 17.0 Å². The first kappa shape index (κ1) is 18.8. The van der Waals surface area contributed by atoms with Gasteiger partial charge in [-0.25, -0.2) is 0 Å². The molecule has 136 valence electrons. The van der Waals surface area contributed by atoms with Crippen molar-refractivity contribution >= 4 is 11.8 Å². The van der Waals surface area contributed by atoms with Gasteiger partial charge in [0.05, 0.1) is 17.8 Å². The summed E-state index contributed by atoms with van der Waals surface area (Å²) in [6, 6.07) is 21.2. The lowest BCUT2D eigenvalue weighted by Gasteiger charge is -2.12. The second-order valence-corrected chi connectivity index (χ2v) is 7.17. The number of nitrogens with zero attached hydrogens (tertiary/aromatic N) is 2. The van der Waals surface area contributed by atoms with Gasteiger partial charge in [0.25, 0.3) is 0 Å². The number of hydrogen-bond acceptors (Lipinski definition) is 4. The molecular weight excluding hydrogens is 356 g/mol. The Labute approximate surface area is 163 Å². The second kappa shape index (κ2) is 9.11. The average molecular weight is 376 g/mol. The fourth-order valence-electron chi connectivity index (χ4n) is 2.64. The van der Waals surface area contributed by atoms with Gasteiger partial charge in [-0.1, -0.05) is 42.5 Å². The Morgan fingerprint density at radius 2 is 1.81 bits per heavy atom. The number of benzene rings is 2. The van der Waals surface area contributed by atoms with Gasteiger partial charge in [0.15, 0.2) is 5.75 Å². The molecule has 3 rings (SSSR count). The van der Waals surface area contributed by atoms with Gasteiger partial charge in [-0.05, 0) is 23.3 Å². The summed E-state index contributed by atoms with van der Waals surface area (Å²) in [6.45, 7) is 0.374. The van der Waals surface area contributed by atoms with Crippen LogP contribution in [0.4, 0.5) is 0 Å². The van der Waals surface area contributed by atoms with Crippen LogP contribution in [0.2, 0.25) is 0 Å². The summed E-state index contributed by atoms with van der Waals surface area (Å²) in [6.07, 6.45) is 1.75. The van der Waals surface area contributed by atoms with Gasteiger partial charge in [-0.15, -0.1) is 0 Å². The molecule has 0 aliphatic heterocycles. The van der Waals surface area contributed by atoms with Crippen molar-refractivity contribution in [3.63, 3.8) is 0 Å². The first-order valence-corrected chi connectivity index (χ1v) is 9.74. The van der Waals surface area contributed by atoms with Crippen LogP contribution in [0.15, 0.2) is 71.7 Å². The van der Waals surface area contributed by atoms with Crippen LogP contribution in [0.1, 0.15) is 22.4 Å². The van der Waals surface area contributed by atoms with Crippen molar-refractivity contribution in [1.29, 1.82) is 5.26 Å². The second-order valence-electron chi connectivity index (χ2n) is 6.18. The molecule has 0 spiro atoms. The Morgan fingerprint density at radius 3 is 2.59 bits per heavy atom. The van der Waals surface area contributed by atoms with Crippen molar-refractivity contribution in [2.75, 3.05) is 0 Å². The van der Waals surface area contributed by atoms with Crippen LogP contribution in [0.5, 0.6) is 5.75 Å². The summed E-state index contributed by atoms with van der Waals surface area (Å²) in [5.74, 6) is 1.86. The van der Waals surface area contributed by atoms with Crippen molar-refractivity contribution in [2.24, 2.45) is 7.05 Å². The maximum Gasteiger partial charge on any atom is 0.223 e. The van der Waals surface area contributed by atoms with E-state index >= 15 is 0 Å². The van der Waals surface area contributed by atoms with E-state index in [1.54, 1.807) is 30.1 Å². The number of hydrogen-bond donors (Lipinski definition) is 0. The molecule has 0 atom stereocenters. The number of thioether (sulfide) groups is 1. The molecule has 1 aromatic heterocycles. The molecule has 0 radical (unpaired) electrons. The number of aromatic nitrogens is 1. The topological polar surface area (TPSA) is 55.0 Å². The molecule has 0 N–H and O–H groups in total. The minimum absolute atomic E-state index is 0.105. The first-order valence-electron chi connectivity index (χ1n) is 8.59. The zero-order valence-electron chi connectivity index (χ0n) is 15.1. The summed E-state index contributed by atoms with van der Waals surface area (Å²) in [4.78, 5) is 12.3. The van der Waals surface area contributed by atoms with Crippen molar-refractivity contribution < 1.29 is 4.74 Å². The summed E-state index contributed by atoms with van der Waals surface area (Å²) < 4.78 is 7.62. The van der Waals surface area contributed by atoms with Crippen LogP contribution in [0.3, 0.4) is 0 Å². The number of aryl methyl sites for hydroxylation is 1. The number of pyridine rings is 1. The van der Waals surface area contributed by atoms with E-state index in [0.717, 1.165) is 22.6 Å². The lowest BCUT2D eigenvalue weighted by atomic mass is 10.2. The maximum absolute atomic E-state index is 12.3. The highest BCUT2D eigenvalue weighted by atomic mass is 32.2. The Bertz CT molecular complexity index is 1010. The Kier molecular flexibility index (Phi) is 6.35. The molecule has 0 fully saturated rings. The van der Waals surface area contributed by atoms with E-state index in [0.29, 0.717) is 23.7 Å². The highest BCUT2D eigenvalue weighted by Gasteiger charge is 2.07. The van der Waals surface area contributed by atoms with E-state index in [4.69, 9.17) is 10.00 Å². The molecule has 0 unspecified atom stereocenters. The van der Waals surface area contributed by atoms with E-state index in [-0.39, 0.29) is 5.43 Å². The van der Waals surface area contributed by atoms with Gasteiger partial charge < -0.3 is 9.30 Å². The maximum atomic E-state index is 12.3. The van der Waals surface area contributed by atoms with Crippen LogP contribution in [-0.2, 0) is 25.2 Å². The van der Waals surface area contributed by atoms with Gasteiger partial charge in [0.2, 0.25) is 5.43 Å².